The van der Waals surface area contributed by atoms with Crippen molar-refractivity contribution in [3.63, 3.8) is 0 Å². The molecule has 0 spiro atoms. The Morgan fingerprint density at radius 1 is 1.04 bits per heavy atom. The molecule has 2 aromatic carbocycles. The SMILES string of the molecule is O=C(NC[C@@H]1CCCO1)Nc1ccc(NC(=O)c2ccccc2O)cc1. The van der Waals surface area contributed by atoms with Crippen LogP contribution in [0.1, 0.15) is 23.2 Å². The number of urea groups is 1. The molecule has 2 aromatic rings. The smallest absolute Gasteiger partial charge is 0.319 e. The van der Waals surface area contributed by atoms with Gasteiger partial charge in [0.15, 0.2) is 0 Å². The molecular formula is C19H21N3O4. The van der Waals surface area contributed by atoms with E-state index in [1.807, 2.05) is 0 Å². The Labute approximate surface area is 151 Å². The number of carbonyl (C=O) groups excluding carboxylic acids is 2. The van der Waals surface area contributed by atoms with Crippen LogP contribution in [0.15, 0.2) is 48.5 Å². The highest BCUT2D eigenvalue weighted by atomic mass is 16.5. The van der Waals surface area contributed by atoms with E-state index >= 15 is 0 Å². The Morgan fingerprint density at radius 2 is 1.73 bits per heavy atom. The van der Waals surface area contributed by atoms with Gasteiger partial charge in [0.05, 0.1) is 11.7 Å². The lowest BCUT2D eigenvalue weighted by molar-refractivity contribution is 0.102. The number of hydrogen-bond donors (Lipinski definition) is 4. The van der Waals surface area contributed by atoms with Crippen LogP contribution in [0, 0.1) is 0 Å². The minimum Gasteiger partial charge on any atom is -0.507 e. The minimum absolute atomic E-state index is 0.0776. The van der Waals surface area contributed by atoms with Gasteiger partial charge in [0.25, 0.3) is 5.91 Å². The van der Waals surface area contributed by atoms with Gasteiger partial charge >= 0.3 is 6.03 Å². The topological polar surface area (TPSA) is 99.7 Å². The van der Waals surface area contributed by atoms with E-state index in [-0.39, 0.29) is 23.4 Å². The van der Waals surface area contributed by atoms with E-state index in [0.29, 0.717) is 17.9 Å². The summed E-state index contributed by atoms with van der Waals surface area (Å²) in [6.07, 6.45) is 2.08. The first kappa shape index (κ1) is 17.8. The Balaban J connectivity index is 1.50. The minimum atomic E-state index is -0.405. The Hall–Kier alpha value is -3.06. The number of para-hydroxylation sites is 1. The van der Waals surface area contributed by atoms with Crippen molar-refractivity contribution in [3.05, 3.63) is 54.1 Å². The molecule has 0 saturated carbocycles. The van der Waals surface area contributed by atoms with Crippen molar-refractivity contribution in [2.45, 2.75) is 18.9 Å². The van der Waals surface area contributed by atoms with Crippen LogP contribution in [0.2, 0.25) is 0 Å². The maximum Gasteiger partial charge on any atom is 0.319 e. The van der Waals surface area contributed by atoms with Gasteiger partial charge < -0.3 is 25.8 Å². The zero-order chi connectivity index (χ0) is 18.4. The molecule has 0 aliphatic carbocycles. The largest absolute Gasteiger partial charge is 0.507 e. The molecule has 7 nitrogen and oxygen atoms in total. The molecule has 0 aromatic heterocycles. The van der Waals surface area contributed by atoms with Gasteiger partial charge in [-0.1, -0.05) is 12.1 Å². The number of benzene rings is 2. The van der Waals surface area contributed by atoms with E-state index in [2.05, 4.69) is 16.0 Å². The summed E-state index contributed by atoms with van der Waals surface area (Å²) in [5.41, 5.74) is 1.36. The average molecular weight is 355 g/mol. The monoisotopic (exact) mass is 355 g/mol. The van der Waals surface area contributed by atoms with Gasteiger partial charge in [-0.25, -0.2) is 4.79 Å². The molecule has 1 atom stereocenters. The van der Waals surface area contributed by atoms with Crippen molar-refractivity contribution in [2.24, 2.45) is 0 Å². The van der Waals surface area contributed by atoms with Crippen LogP contribution in [0.5, 0.6) is 5.75 Å². The summed E-state index contributed by atoms with van der Waals surface area (Å²) in [5.74, 6) is -0.482. The number of aromatic hydroxyl groups is 1. The lowest BCUT2D eigenvalue weighted by atomic mass is 10.2. The molecule has 0 bridgehead atoms. The molecule has 4 N–H and O–H groups in total. The molecule has 1 saturated heterocycles. The zero-order valence-corrected chi connectivity index (χ0v) is 14.2. The lowest BCUT2D eigenvalue weighted by Gasteiger charge is -2.12. The van der Waals surface area contributed by atoms with Crippen molar-refractivity contribution in [3.8, 4) is 5.75 Å². The zero-order valence-electron chi connectivity index (χ0n) is 14.2. The molecule has 3 amide bonds. The van der Waals surface area contributed by atoms with Crippen LogP contribution >= 0.6 is 0 Å². The fraction of sp³-hybridized carbons (Fsp3) is 0.263. The van der Waals surface area contributed by atoms with E-state index in [1.165, 1.54) is 6.07 Å². The molecule has 0 radical (unpaired) electrons. The molecule has 1 fully saturated rings. The van der Waals surface area contributed by atoms with Gasteiger partial charge in [0.1, 0.15) is 5.75 Å². The van der Waals surface area contributed by atoms with Gasteiger partial charge in [-0.3, -0.25) is 4.79 Å². The summed E-state index contributed by atoms with van der Waals surface area (Å²) in [5, 5.41) is 17.9. The third-order valence-corrected chi connectivity index (χ3v) is 4.06. The molecular weight excluding hydrogens is 334 g/mol. The number of amides is 3. The van der Waals surface area contributed by atoms with E-state index in [0.717, 1.165) is 19.4 Å². The van der Waals surface area contributed by atoms with Crippen molar-refractivity contribution < 1.29 is 19.4 Å². The summed E-state index contributed by atoms with van der Waals surface area (Å²) in [4.78, 5) is 24.0. The van der Waals surface area contributed by atoms with Crippen LogP contribution in [0.25, 0.3) is 0 Å². The first-order valence-electron chi connectivity index (χ1n) is 8.47. The van der Waals surface area contributed by atoms with Crippen molar-refractivity contribution >= 4 is 23.3 Å². The number of rotatable bonds is 5. The third-order valence-electron chi connectivity index (χ3n) is 4.06. The van der Waals surface area contributed by atoms with Crippen LogP contribution < -0.4 is 16.0 Å². The van der Waals surface area contributed by atoms with Crippen molar-refractivity contribution in [1.29, 1.82) is 0 Å². The van der Waals surface area contributed by atoms with Crippen LogP contribution in [0.4, 0.5) is 16.2 Å². The van der Waals surface area contributed by atoms with Gasteiger partial charge in [-0.15, -0.1) is 0 Å². The van der Waals surface area contributed by atoms with E-state index in [9.17, 15) is 14.7 Å². The standard InChI is InChI=1S/C19H21N3O4/c23-17-6-2-1-5-16(17)18(24)21-13-7-9-14(10-8-13)22-19(25)20-12-15-4-3-11-26-15/h1-2,5-10,15,23H,3-4,11-12H2,(H,21,24)(H2,20,22,25)/t15-/m0/s1. The Bertz CT molecular complexity index is 771. The second-order valence-electron chi connectivity index (χ2n) is 6.02. The summed E-state index contributed by atoms with van der Waals surface area (Å²) < 4.78 is 5.45. The predicted octanol–water partition coefficient (Wildman–Crippen LogP) is 2.95. The molecule has 136 valence electrons. The van der Waals surface area contributed by atoms with Gasteiger partial charge in [-0.05, 0) is 49.2 Å². The van der Waals surface area contributed by atoms with Gasteiger partial charge in [-0.2, -0.15) is 0 Å². The number of nitrogens with one attached hydrogen (secondary N) is 3. The summed E-state index contributed by atoms with van der Waals surface area (Å²) >= 11 is 0. The summed E-state index contributed by atoms with van der Waals surface area (Å²) in [6, 6.07) is 12.7. The van der Waals surface area contributed by atoms with E-state index in [1.54, 1.807) is 42.5 Å². The Morgan fingerprint density at radius 3 is 2.38 bits per heavy atom. The molecule has 1 heterocycles. The van der Waals surface area contributed by atoms with Crippen LogP contribution in [-0.2, 0) is 4.74 Å². The van der Waals surface area contributed by atoms with Crippen LogP contribution in [-0.4, -0.2) is 36.3 Å². The average Bonchev–Trinajstić information content (AvgIpc) is 3.15. The predicted molar refractivity (Wildman–Crippen MR) is 98.5 cm³/mol. The van der Waals surface area contributed by atoms with E-state index in [4.69, 9.17) is 4.74 Å². The lowest BCUT2D eigenvalue weighted by Crippen LogP contribution is -2.35. The first-order valence-corrected chi connectivity index (χ1v) is 8.47. The number of carbonyl (C=O) groups is 2. The van der Waals surface area contributed by atoms with E-state index < -0.39 is 5.91 Å². The van der Waals surface area contributed by atoms with Crippen molar-refractivity contribution in [2.75, 3.05) is 23.8 Å². The summed E-state index contributed by atoms with van der Waals surface area (Å²) in [7, 11) is 0. The fourth-order valence-electron chi connectivity index (χ4n) is 2.69. The number of phenols is 1. The quantitative estimate of drug-likeness (QED) is 0.662. The van der Waals surface area contributed by atoms with Gasteiger partial charge in [0.2, 0.25) is 0 Å². The molecule has 3 rings (SSSR count). The highest BCUT2D eigenvalue weighted by Crippen LogP contribution is 2.19. The number of ether oxygens (including phenoxy) is 1. The second-order valence-corrected chi connectivity index (χ2v) is 6.02. The highest BCUT2D eigenvalue weighted by Gasteiger charge is 2.16. The number of hydrogen-bond acceptors (Lipinski definition) is 4. The second kappa shape index (κ2) is 8.35. The normalized spacial score (nSPS) is 16.1. The highest BCUT2D eigenvalue weighted by molar-refractivity contribution is 6.06. The van der Waals surface area contributed by atoms with Crippen LogP contribution in [0.3, 0.4) is 0 Å². The Kier molecular flexibility index (Phi) is 5.70. The molecule has 1 aliphatic rings. The molecule has 26 heavy (non-hydrogen) atoms. The number of anilines is 2. The molecule has 1 aliphatic heterocycles. The van der Waals surface area contributed by atoms with Crippen molar-refractivity contribution in [1.82, 2.24) is 5.32 Å². The maximum atomic E-state index is 12.1. The maximum absolute atomic E-state index is 12.1. The first-order chi connectivity index (χ1) is 12.6. The van der Waals surface area contributed by atoms with Gasteiger partial charge in [0, 0.05) is 24.5 Å². The molecule has 7 heteroatoms. The fourth-order valence-corrected chi connectivity index (χ4v) is 2.69. The third kappa shape index (κ3) is 4.73. The summed E-state index contributed by atoms with van der Waals surface area (Å²) in [6.45, 7) is 1.24. The molecule has 0 unspecified atom stereocenters. The number of phenolic OH excluding ortho intramolecular Hbond substituents is 1.